The van der Waals surface area contributed by atoms with Gasteiger partial charge in [-0.05, 0) is 43.7 Å². The SMILES string of the molecule is CCC1CCCC(Oc2c(C)cccc2/C=C/C(=O)O)C1. The maximum Gasteiger partial charge on any atom is 0.328 e. The zero-order valence-electron chi connectivity index (χ0n) is 12.8. The lowest BCUT2D eigenvalue weighted by Crippen LogP contribution is -2.25. The van der Waals surface area contributed by atoms with Gasteiger partial charge in [-0.25, -0.2) is 4.79 Å². The fourth-order valence-corrected chi connectivity index (χ4v) is 3.01. The number of ether oxygens (including phenoxy) is 1. The molecule has 1 fully saturated rings. The third-order valence-electron chi connectivity index (χ3n) is 4.24. The van der Waals surface area contributed by atoms with E-state index in [-0.39, 0.29) is 6.10 Å². The quantitative estimate of drug-likeness (QED) is 0.815. The number of aliphatic carboxylic acids is 1. The third kappa shape index (κ3) is 4.35. The molecule has 3 nitrogen and oxygen atoms in total. The Hall–Kier alpha value is -1.77. The normalized spacial score (nSPS) is 22.4. The first-order valence-electron chi connectivity index (χ1n) is 7.77. The van der Waals surface area contributed by atoms with Gasteiger partial charge >= 0.3 is 5.97 Å². The summed E-state index contributed by atoms with van der Waals surface area (Å²) in [6.07, 6.45) is 8.95. The molecule has 2 rings (SSSR count). The van der Waals surface area contributed by atoms with Gasteiger partial charge in [-0.1, -0.05) is 38.0 Å². The second-order valence-electron chi connectivity index (χ2n) is 5.85. The first-order valence-corrected chi connectivity index (χ1v) is 7.77. The molecular weight excluding hydrogens is 264 g/mol. The predicted octanol–water partition coefficient (Wildman–Crippen LogP) is 4.44. The van der Waals surface area contributed by atoms with Crippen LogP contribution in [0.15, 0.2) is 24.3 Å². The van der Waals surface area contributed by atoms with Crippen molar-refractivity contribution < 1.29 is 14.6 Å². The van der Waals surface area contributed by atoms with Crippen LogP contribution in [0.5, 0.6) is 5.75 Å². The largest absolute Gasteiger partial charge is 0.490 e. The van der Waals surface area contributed by atoms with Crippen LogP contribution >= 0.6 is 0 Å². The fourth-order valence-electron chi connectivity index (χ4n) is 3.01. The van der Waals surface area contributed by atoms with E-state index in [1.165, 1.54) is 19.3 Å². The molecule has 1 aromatic carbocycles. The first kappa shape index (κ1) is 15.6. The number of para-hydroxylation sites is 1. The first-order chi connectivity index (χ1) is 10.1. The minimum atomic E-state index is -0.939. The Morgan fingerprint density at radius 3 is 2.95 bits per heavy atom. The van der Waals surface area contributed by atoms with Crippen molar-refractivity contribution in [2.45, 2.75) is 52.1 Å². The van der Waals surface area contributed by atoms with E-state index in [0.717, 1.165) is 41.7 Å². The van der Waals surface area contributed by atoms with E-state index in [1.54, 1.807) is 6.08 Å². The van der Waals surface area contributed by atoms with Gasteiger partial charge in [-0.2, -0.15) is 0 Å². The van der Waals surface area contributed by atoms with Gasteiger partial charge in [0, 0.05) is 11.6 Å². The highest BCUT2D eigenvalue weighted by Gasteiger charge is 2.23. The van der Waals surface area contributed by atoms with Crippen molar-refractivity contribution in [3.63, 3.8) is 0 Å². The summed E-state index contributed by atoms with van der Waals surface area (Å²) in [6, 6.07) is 5.84. The molecule has 0 aromatic heterocycles. The molecule has 1 aliphatic rings. The van der Waals surface area contributed by atoms with Crippen molar-refractivity contribution in [2.75, 3.05) is 0 Å². The lowest BCUT2D eigenvalue weighted by molar-refractivity contribution is -0.131. The van der Waals surface area contributed by atoms with Gasteiger partial charge in [0.15, 0.2) is 0 Å². The summed E-state index contributed by atoms with van der Waals surface area (Å²) < 4.78 is 6.24. The molecule has 0 radical (unpaired) electrons. The molecule has 2 unspecified atom stereocenters. The molecule has 1 aliphatic carbocycles. The molecule has 0 amide bonds. The Bertz CT molecular complexity index is 519. The van der Waals surface area contributed by atoms with Crippen molar-refractivity contribution in [3.05, 3.63) is 35.4 Å². The van der Waals surface area contributed by atoms with E-state index in [4.69, 9.17) is 9.84 Å². The molecule has 2 atom stereocenters. The van der Waals surface area contributed by atoms with Gasteiger partial charge in [0.25, 0.3) is 0 Å². The van der Waals surface area contributed by atoms with Crippen LogP contribution in [-0.4, -0.2) is 17.2 Å². The highest BCUT2D eigenvalue weighted by atomic mass is 16.5. The number of carbonyl (C=O) groups is 1. The molecule has 1 saturated carbocycles. The Kier molecular flexibility index (Phi) is 5.43. The average molecular weight is 288 g/mol. The van der Waals surface area contributed by atoms with Gasteiger partial charge < -0.3 is 9.84 Å². The summed E-state index contributed by atoms with van der Waals surface area (Å²) in [5, 5.41) is 8.80. The van der Waals surface area contributed by atoms with Crippen LogP contribution < -0.4 is 4.74 Å². The molecule has 0 spiro atoms. The summed E-state index contributed by atoms with van der Waals surface area (Å²) in [6.45, 7) is 4.25. The van der Waals surface area contributed by atoms with Gasteiger partial charge in [-0.3, -0.25) is 0 Å². The minimum Gasteiger partial charge on any atom is -0.490 e. The highest BCUT2D eigenvalue weighted by molar-refractivity contribution is 5.86. The van der Waals surface area contributed by atoms with Gasteiger partial charge in [0.1, 0.15) is 5.75 Å². The fraction of sp³-hybridized carbons (Fsp3) is 0.500. The summed E-state index contributed by atoms with van der Waals surface area (Å²) in [4.78, 5) is 10.7. The van der Waals surface area contributed by atoms with Crippen molar-refractivity contribution in [1.82, 2.24) is 0 Å². The second-order valence-corrected chi connectivity index (χ2v) is 5.85. The molecule has 114 valence electrons. The van der Waals surface area contributed by atoms with Crippen molar-refractivity contribution in [1.29, 1.82) is 0 Å². The van der Waals surface area contributed by atoms with E-state index in [0.29, 0.717) is 0 Å². The number of carboxylic acid groups (broad SMARTS) is 1. The Balaban J connectivity index is 2.16. The van der Waals surface area contributed by atoms with E-state index in [2.05, 4.69) is 6.92 Å². The smallest absolute Gasteiger partial charge is 0.328 e. The zero-order chi connectivity index (χ0) is 15.2. The maximum atomic E-state index is 10.7. The zero-order valence-corrected chi connectivity index (χ0v) is 12.8. The summed E-state index contributed by atoms with van der Waals surface area (Å²) in [5.41, 5.74) is 1.90. The molecule has 0 bridgehead atoms. The summed E-state index contributed by atoms with van der Waals surface area (Å²) in [7, 11) is 0. The van der Waals surface area contributed by atoms with Crippen LogP contribution in [0.3, 0.4) is 0 Å². The summed E-state index contributed by atoms with van der Waals surface area (Å²) >= 11 is 0. The van der Waals surface area contributed by atoms with Crippen molar-refractivity contribution >= 4 is 12.0 Å². The van der Waals surface area contributed by atoms with Crippen LogP contribution in [0, 0.1) is 12.8 Å². The lowest BCUT2D eigenvalue weighted by atomic mass is 9.85. The number of hydrogen-bond acceptors (Lipinski definition) is 2. The Labute approximate surface area is 126 Å². The van der Waals surface area contributed by atoms with E-state index < -0.39 is 5.97 Å². The van der Waals surface area contributed by atoms with Crippen LogP contribution in [0.25, 0.3) is 6.08 Å². The molecule has 1 N–H and O–H groups in total. The highest BCUT2D eigenvalue weighted by Crippen LogP contribution is 2.32. The molecular formula is C18H24O3. The average Bonchev–Trinajstić information content (AvgIpc) is 2.48. The molecule has 21 heavy (non-hydrogen) atoms. The molecule has 3 heteroatoms. The van der Waals surface area contributed by atoms with Crippen molar-refractivity contribution in [2.24, 2.45) is 5.92 Å². The second kappa shape index (κ2) is 7.30. The van der Waals surface area contributed by atoms with Crippen LogP contribution in [0.1, 0.15) is 50.2 Å². The number of carboxylic acids is 1. The van der Waals surface area contributed by atoms with Gasteiger partial charge in [-0.15, -0.1) is 0 Å². The number of hydrogen-bond donors (Lipinski definition) is 1. The van der Waals surface area contributed by atoms with Crippen molar-refractivity contribution in [3.8, 4) is 5.75 Å². The predicted molar refractivity (Wildman–Crippen MR) is 84.5 cm³/mol. The monoisotopic (exact) mass is 288 g/mol. The van der Waals surface area contributed by atoms with Crippen LogP contribution in [-0.2, 0) is 4.79 Å². The molecule has 0 saturated heterocycles. The third-order valence-corrected chi connectivity index (χ3v) is 4.24. The topological polar surface area (TPSA) is 46.5 Å². The number of benzene rings is 1. The molecule has 1 aromatic rings. The van der Waals surface area contributed by atoms with E-state index in [1.807, 2.05) is 25.1 Å². The van der Waals surface area contributed by atoms with Gasteiger partial charge in [0.05, 0.1) is 6.10 Å². The molecule has 0 aliphatic heterocycles. The van der Waals surface area contributed by atoms with Crippen LogP contribution in [0.4, 0.5) is 0 Å². The number of aryl methyl sites for hydroxylation is 1. The minimum absolute atomic E-state index is 0.252. The maximum absolute atomic E-state index is 10.7. The molecule has 0 heterocycles. The van der Waals surface area contributed by atoms with Gasteiger partial charge in [0.2, 0.25) is 0 Å². The standard InChI is InChI=1S/C18H24O3/c1-3-14-7-5-9-16(12-14)21-18-13(2)6-4-8-15(18)10-11-17(19)20/h4,6,8,10-11,14,16H,3,5,7,9,12H2,1-2H3,(H,19,20)/b11-10+. The lowest BCUT2D eigenvalue weighted by Gasteiger charge is -2.30. The van der Waals surface area contributed by atoms with E-state index in [9.17, 15) is 4.79 Å². The van der Waals surface area contributed by atoms with Crippen LogP contribution in [0.2, 0.25) is 0 Å². The Morgan fingerprint density at radius 2 is 2.24 bits per heavy atom. The number of rotatable bonds is 5. The van der Waals surface area contributed by atoms with E-state index >= 15 is 0 Å². The summed E-state index contributed by atoms with van der Waals surface area (Å²) in [5.74, 6) is 0.647. The Morgan fingerprint density at radius 1 is 1.43 bits per heavy atom.